The fourth-order valence-corrected chi connectivity index (χ4v) is 3.31. The normalized spacial score (nSPS) is 34.0. The van der Waals surface area contributed by atoms with Crippen LogP contribution in [0.15, 0.2) is 24.3 Å². The van der Waals surface area contributed by atoms with Crippen LogP contribution >= 0.6 is 11.6 Å². The molecule has 2 saturated heterocycles. The Morgan fingerprint density at radius 3 is 2.85 bits per heavy atom. The lowest BCUT2D eigenvalue weighted by Gasteiger charge is -2.32. The van der Waals surface area contributed by atoms with E-state index in [0.29, 0.717) is 11.6 Å². The van der Waals surface area contributed by atoms with E-state index in [1.165, 1.54) is 0 Å². The third-order valence-corrected chi connectivity index (χ3v) is 4.40. The van der Waals surface area contributed by atoms with E-state index >= 15 is 0 Å². The predicted octanol–water partition coefficient (Wildman–Crippen LogP) is 2.34. The number of carbonyl (C=O) groups is 1. The Hall–Kier alpha value is -1.10. The number of benzene rings is 1. The quantitative estimate of drug-likeness (QED) is 0.910. The van der Waals surface area contributed by atoms with Crippen molar-refractivity contribution in [3.63, 3.8) is 0 Å². The average molecular weight is 295 g/mol. The van der Waals surface area contributed by atoms with E-state index in [9.17, 15) is 4.79 Å². The number of nitrogens with zero attached hydrogens (tertiary/aromatic N) is 1. The van der Waals surface area contributed by atoms with Gasteiger partial charge in [0.1, 0.15) is 6.17 Å². The summed E-state index contributed by atoms with van der Waals surface area (Å²) in [5.74, 6) is 0.136. The van der Waals surface area contributed by atoms with Gasteiger partial charge in [-0.15, -0.1) is 0 Å². The van der Waals surface area contributed by atoms with Crippen LogP contribution in [0.3, 0.4) is 0 Å². The molecule has 1 N–H and O–H groups in total. The Bertz CT molecular complexity index is 522. The van der Waals surface area contributed by atoms with Gasteiger partial charge in [-0.2, -0.15) is 0 Å². The van der Waals surface area contributed by atoms with Crippen LogP contribution in [0.5, 0.6) is 0 Å². The molecule has 108 valence electrons. The smallest absolute Gasteiger partial charge is 0.241 e. The summed E-state index contributed by atoms with van der Waals surface area (Å²) < 4.78 is 5.62. The second-order valence-electron chi connectivity index (χ2n) is 5.52. The highest BCUT2D eigenvalue weighted by Crippen LogP contribution is 2.33. The van der Waals surface area contributed by atoms with E-state index in [1.807, 2.05) is 43.0 Å². The van der Waals surface area contributed by atoms with Crippen molar-refractivity contribution >= 4 is 17.5 Å². The van der Waals surface area contributed by atoms with Gasteiger partial charge in [-0.3, -0.25) is 10.1 Å². The molecule has 0 radical (unpaired) electrons. The zero-order valence-electron chi connectivity index (χ0n) is 11.7. The fraction of sp³-hybridized carbons (Fsp3) is 0.533. The van der Waals surface area contributed by atoms with Crippen molar-refractivity contribution in [1.29, 1.82) is 0 Å². The van der Waals surface area contributed by atoms with Crippen LogP contribution in [0.25, 0.3) is 0 Å². The lowest BCUT2D eigenvalue weighted by Crippen LogP contribution is -2.43. The molecule has 20 heavy (non-hydrogen) atoms. The maximum Gasteiger partial charge on any atom is 0.241 e. The summed E-state index contributed by atoms with van der Waals surface area (Å²) in [4.78, 5) is 14.4. The summed E-state index contributed by atoms with van der Waals surface area (Å²) in [6, 6.07) is 7.63. The van der Waals surface area contributed by atoms with Gasteiger partial charge in [-0.1, -0.05) is 23.7 Å². The average Bonchev–Trinajstić information content (AvgIpc) is 2.95. The van der Waals surface area contributed by atoms with Crippen LogP contribution < -0.4 is 5.32 Å². The minimum absolute atomic E-state index is 0.0766. The van der Waals surface area contributed by atoms with Crippen molar-refractivity contribution in [2.24, 2.45) is 0 Å². The van der Waals surface area contributed by atoms with Gasteiger partial charge >= 0.3 is 0 Å². The minimum Gasteiger partial charge on any atom is -0.376 e. The first kappa shape index (κ1) is 13.9. The van der Waals surface area contributed by atoms with E-state index in [4.69, 9.17) is 16.3 Å². The molecule has 0 spiro atoms. The third kappa shape index (κ3) is 2.32. The highest BCUT2D eigenvalue weighted by molar-refractivity contribution is 6.30. The summed E-state index contributed by atoms with van der Waals surface area (Å²) in [6.45, 7) is 4.65. The van der Waals surface area contributed by atoms with E-state index in [2.05, 4.69) is 5.32 Å². The SMILES string of the molecule is CC1NC(c2cccc(Cl)c2)N(C2CCOC2C)C1=O. The topological polar surface area (TPSA) is 41.6 Å². The standard InChI is InChI=1S/C15H19ClN2O2/c1-9-15(19)18(13-6-7-20-10(13)2)14(17-9)11-4-3-5-12(16)8-11/h3-5,8-10,13-14,17H,6-7H2,1-2H3. The molecule has 4 atom stereocenters. The van der Waals surface area contributed by atoms with E-state index in [1.54, 1.807) is 0 Å². The van der Waals surface area contributed by atoms with Crippen LogP contribution in [0.2, 0.25) is 5.02 Å². The van der Waals surface area contributed by atoms with Crippen molar-refractivity contribution in [2.45, 2.75) is 44.6 Å². The number of halogens is 1. The third-order valence-electron chi connectivity index (χ3n) is 4.17. The van der Waals surface area contributed by atoms with Crippen molar-refractivity contribution < 1.29 is 9.53 Å². The molecule has 0 bridgehead atoms. The lowest BCUT2D eigenvalue weighted by atomic mass is 10.1. The number of hydrogen-bond acceptors (Lipinski definition) is 3. The molecule has 2 fully saturated rings. The first-order valence-electron chi connectivity index (χ1n) is 7.03. The van der Waals surface area contributed by atoms with Crippen LogP contribution in [-0.2, 0) is 9.53 Å². The van der Waals surface area contributed by atoms with Gasteiger partial charge in [0.15, 0.2) is 0 Å². The summed E-state index contributed by atoms with van der Waals surface area (Å²) >= 11 is 6.08. The van der Waals surface area contributed by atoms with Crippen molar-refractivity contribution in [3.8, 4) is 0 Å². The van der Waals surface area contributed by atoms with Crippen molar-refractivity contribution in [1.82, 2.24) is 10.2 Å². The Morgan fingerprint density at radius 2 is 2.20 bits per heavy atom. The highest BCUT2D eigenvalue weighted by Gasteiger charge is 2.44. The zero-order valence-corrected chi connectivity index (χ0v) is 12.4. The maximum absolute atomic E-state index is 12.5. The van der Waals surface area contributed by atoms with E-state index in [-0.39, 0.29) is 30.3 Å². The molecule has 2 heterocycles. The summed E-state index contributed by atoms with van der Waals surface area (Å²) in [7, 11) is 0. The number of ether oxygens (including phenoxy) is 1. The molecule has 1 aromatic rings. The maximum atomic E-state index is 12.5. The van der Waals surface area contributed by atoms with Gasteiger partial charge in [0.25, 0.3) is 0 Å². The molecule has 3 rings (SSSR count). The molecular weight excluding hydrogens is 276 g/mol. The van der Waals surface area contributed by atoms with E-state index < -0.39 is 0 Å². The number of rotatable bonds is 2. The van der Waals surface area contributed by atoms with Crippen LogP contribution in [0.4, 0.5) is 0 Å². The monoisotopic (exact) mass is 294 g/mol. The number of hydrogen-bond donors (Lipinski definition) is 1. The second kappa shape index (κ2) is 5.35. The first-order valence-corrected chi connectivity index (χ1v) is 7.41. The fourth-order valence-electron chi connectivity index (χ4n) is 3.11. The molecule has 4 nitrogen and oxygen atoms in total. The molecule has 5 heteroatoms. The van der Waals surface area contributed by atoms with Gasteiger partial charge in [0.2, 0.25) is 5.91 Å². The summed E-state index contributed by atoms with van der Waals surface area (Å²) in [5.41, 5.74) is 1.02. The molecule has 0 aromatic heterocycles. The number of nitrogens with one attached hydrogen (secondary N) is 1. The Balaban J connectivity index is 1.94. The van der Waals surface area contributed by atoms with Gasteiger partial charge in [0.05, 0.1) is 18.2 Å². The molecule has 0 aliphatic carbocycles. The summed E-state index contributed by atoms with van der Waals surface area (Å²) in [6.07, 6.45) is 0.844. The lowest BCUT2D eigenvalue weighted by molar-refractivity contribution is -0.133. The van der Waals surface area contributed by atoms with Gasteiger partial charge < -0.3 is 9.64 Å². The molecule has 0 saturated carbocycles. The van der Waals surface area contributed by atoms with Gasteiger partial charge in [0, 0.05) is 11.6 Å². The molecule has 4 unspecified atom stereocenters. The molecular formula is C15H19ClN2O2. The first-order chi connectivity index (χ1) is 9.58. The number of amides is 1. The Morgan fingerprint density at radius 1 is 1.40 bits per heavy atom. The van der Waals surface area contributed by atoms with E-state index in [0.717, 1.165) is 12.0 Å². The predicted molar refractivity (Wildman–Crippen MR) is 77.5 cm³/mol. The van der Waals surface area contributed by atoms with Crippen molar-refractivity contribution in [2.75, 3.05) is 6.61 Å². The largest absolute Gasteiger partial charge is 0.376 e. The van der Waals surface area contributed by atoms with Crippen molar-refractivity contribution in [3.05, 3.63) is 34.9 Å². The van der Waals surface area contributed by atoms with Crippen LogP contribution in [0.1, 0.15) is 32.0 Å². The van der Waals surface area contributed by atoms with Crippen LogP contribution in [-0.4, -0.2) is 35.6 Å². The van der Waals surface area contributed by atoms with Gasteiger partial charge in [-0.05, 0) is 38.0 Å². The second-order valence-corrected chi connectivity index (χ2v) is 5.96. The minimum atomic E-state index is -0.174. The summed E-state index contributed by atoms with van der Waals surface area (Å²) in [5, 5.41) is 4.04. The Kier molecular flexibility index (Phi) is 3.71. The van der Waals surface area contributed by atoms with Gasteiger partial charge in [-0.25, -0.2) is 0 Å². The highest BCUT2D eigenvalue weighted by atomic mass is 35.5. The number of carbonyl (C=O) groups excluding carboxylic acids is 1. The molecule has 1 aromatic carbocycles. The molecule has 2 aliphatic heterocycles. The molecule has 2 aliphatic rings. The van der Waals surface area contributed by atoms with Crippen LogP contribution in [0, 0.1) is 0 Å². The molecule has 1 amide bonds. The zero-order chi connectivity index (χ0) is 14.3. The Labute approximate surface area is 124 Å².